The van der Waals surface area contributed by atoms with Crippen molar-refractivity contribution in [2.24, 2.45) is 0 Å². The predicted molar refractivity (Wildman–Crippen MR) is 82.5 cm³/mol. The smallest absolute Gasteiger partial charge is 0.162 e. The highest BCUT2D eigenvalue weighted by molar-refractivity contribution is 7.85. The summed E-state index contributed by atoms with van der Waals surface area (Å²) in [5.41, 5.74) is -0.0700. The zero-order valence-electron chi connectivity index (χ0n) is 12.7. The molecule has 6 heteroatoms. The molecule has 0 aromatic heterocycles. The SMILES string of the molecule is CC(C)(C)NCC(O)CS(=O)c1ccc2c(c1)OCCO2. The van der Waals surface area contributed by atoms with Gasteiger partial charge >= 0.3 is 0 Å². The Kier molecular flexibility index (Phi) is 5.24. The van der Waals surface area contributed by atoms with E-state index in [0.717, 1.165) is 0 Å². The van der Waals surface area contributed by atoms with Crippen LogP contribution in [0.3, 0.4) is 0 Å². The first-order chi connectivity index (χ1) is 9.85. The minimum Gasteiger partial charge on any atom is -0.486 e. The van der Waals surface area contributed by atoms with Gasteiger partial charge in [0.05, 0.1) is 22.7 Å². The van der Waals surface area contributed by atoms with Gasteiger partial charge in [-0.2, -0.15) is 0 Å². The highest BCUT2D eigenvalue weighted by atomic mass is 32.2. The van der Waals surface area contributed by atoms with E-state index >= 15 is 0 Å². The van der Waals surface area contributed by atoms with E-state index in [2.05, 4.69) is 5.32 Å². The highest BCUT2D eigenvalue weighted by Crippen LogP contribution is 2.31. The molecule has 1 aromatic carbocycles. The molecule has 0 saturated carbocycles. The molecule has 2 N–H and O–H groups in total. The Labute approximate surface area is 128 Å². The minimum absolute atomic E-state index is 0.0700. The van der Waals surface area contributed by atoms with Gasteiger partial charge in [-0.1, -0.05) is 0 Å². The second-order valence-corrected chi connectivity index (χ2v) is 7.60. The van der Waals surface area contributed by atoms with Gasteiger partial charge in [-0.05, 0) is 32.9 Å². The van der Waals surface area contributed by atoms with Crippen LogP contribution in [0, 0.1) is 0 Å². The molecule has 0 bridgehead atoms. The zero-order valence-corrected chi connectivity index (χ0v) is 13.5. The summed E-state index contributed by atoms with van der Waals surface area (Å²) in [4.78, 5) is 0.647. The van der Waals surface area contributed by atoms with Gasteiger partial charge < -0.3 is 19.9 Å². The average molecular weight is 313 g/mol. The second kappa shape index (κ2) is 6.77. The van der Waals surface area contributed by atoms with Crippen LogP contribution in [0.2, 0.25) is 0 Å². The van der Waals surface area contributed by atoms with Gasteiger partial charge in [0.15, 0.2) is 11.5 Å². The van der Waals surface area contributed by atoms with E-state index in [1.165, 1.54) is 0 Å². The number of β-amino-alcohol motifs (C(OH)–C–C–N with tert-alkyl or cyclic N) is 1. The fourth-order valence-corrected chi connectivity index (χ4v) is 3.04. The standard InChI is InChI=1S/C15H23NO4S/c1-15(2,3)16-9-11(17)10-21(18)12-4-5-13-14(8-12)20-7-6-19-13/h4-5,8,11,16-17H,6-7,9-10H2,1-3H3. The molecule has 0 saturated heterocycles. The molecule has 2 rings (SSSR count). The summed E-state index contributed by atoms with van der Waals surface area (Å²) < 4.78 is 23.2. The van der Waals surface area contributed by atoms with Crippen LogP contribution in [0.1, 0.15) is 20.8 Å². The second-order valence-electron chi connectivity index (χ2n) is 6.10. The van der Waals surface area contributed by atoms with Gasteiger partial charge in [0.2, 0.25) is 0 Å². The van der Waals surface area contributed by atoms with E-state index in [9.17, 15) is 9.32 Å². The third kappa shape index (κ3) is 4.98. The Morgan fingerprint density at radius 3 is 2.62 bits per heavy atom. The predicted octanol–water partition coefficient (Wildman–Crippen LogP) is 1.31. The van der Waals surface area contributed by atoms with Crippen molar-refractivity contribution in [3.8, 4) is 11.5 Å². The molecule has 0 fully saturated rings. The van der Waals surface area contributed by atoms with Gasteiger partial charge in [-0.15, -0.1) is 0 Å². The number of hydrogen-bond donors (Lipinski definition) is 2. The summed E-state index contributed by atoms with van der Waals surface area (Å²) in [6.07, 6.45) is -0.654. The van der Waals surface area contributed by atoms with Crippen LogP contribution in [-0.2, 0) is 10.8 Å². The topological polar surface area (TPSA) is 67.8 Å². The Hall–Kier alpha value is -1.11. The number of benzene rings is 1. The monoisotopic (exact) mass is 313 g/mol. The van der Waals surface area contributed by atoms with E-state index in [-0.39, 0.29) is 11.3 Å². The van der Waals surface area contributed by atoms with E-state index < -0.39 is 16.9 Å². The summed E-state index contributed by atoms with van der Waals surface area (Å²) in [6.45, 7) is 7.53. The molecule has 0 spiro atoms. The lowest BCUT2D eigenvalue weighted by atomic mass is 10.1. The first-order valence-corrected chi connectivity index (χ1v) is 8.38. The van der Waals surface area contributed by atoms with Crippen molar-refractivity contribution in [2.75, 3.05) is 25.5 Å². The maximum Gasteiger partial charge on any atom is 0.162 e. The minimum atomic E-state index is -1.27. The van der Waals surface area contributed by atoms with Crippen LogP contribution < -0.4 is 14.8 Å². The zero-order chi connectivity index (χ0) is 15.5. The maximum absolute atomic E-state index is 12.3. The summed E-state index contributed by atoms with van der Waals surface area (Å²) in [6, 6.07) is 5.25. The lowest BCUT2D eigenvalue weighted by Crippen LogP contribution is -2.42. The summed E-state index contributed by atoms with van der Waals surface area (Å²) in [5.74, 6) is 1.49. The molecule has 1 aliphatic heterocycles. The number of fused-ring (bicyclic) bond motifs is 1. The van der Waals surface area contributed by atoms with E-state index in [4.69, 9.17) is 9.47 Å². The van der Waals surface area contributed by atoms with Crippen molar-refractivity contribution in [1.29, 1.82) is 0 Å². The first kappa shape index (κ1) is 16.3. The highest BCUT2D eigenvalue weighted by Gasteiger charge is 2.18. The largest absolute Gasteiger partial charge is 0.486 e. The molecule has 2 atom stereocenters. The van der Waals surface area contributed by atoms with Crippen molar-refractivity contribution in [1.82, 2.24) is 5.32 Å². The van der Waals surface area contributed by atoms with Crippen molar-refractivity contribution in [3.05, 3.63) is 18.2 Å². The van der Waals surface area contributed by atoms with Crippen LogP contribution in [0.25, 0.3) is 0 Å². The number of aliphatic hydroxyl groups excluding tert-OH is 1. The van der Waals surface area contributed by atoms with E-state index in [1.54, 1.807) is 18.2 Å². The van der Waals surface area contributed by atoms with E-state index in [0.29, 0.717) is 36.2 Å². The maximum atomic E-state index is 12.3. The molecule has 2 unspecified atom stereocenters. The van der Waals surface area contributed by atoms with E-state index in [1.807, 2.05) is 20.8 Å². The van der Waals surface area contributed by atoms with Crippen LogP contribution in [0.4, 0.5) is 0 Å². The van der Waals surface area contributed by atoms with Crippen LogP contribution in [0.15, 0.2) is 23.1 Å². The Morgan fingerprint density at radius 2 is 1.95 bits per heavy atom. The number of rotatable bonds is 5. The molecule has 5 nitrogen and oxygen atoms in total. The summed E-state index contributed by atoms with van der Waals surface area (Å²) >= 11 is 0. The molecule has 0 aliphatic carbocycles. The Bertz CT molecular complexity index is 513. The molecule has 0 amide bonds. The molecule has 1 aliphatic rings. The lowest BCUT2D eigenvalue weighted by Gasteiger charge is -2.23. The molecule has 21 heavy (non-hydrogen) atoms. The van der Waals surface area contributed by atoms with Crippen molar-refractivity contribution in [3.63, 3.8) is 0 Å². The molecule has 1 heterocycles. The van der Waals surface area contributed by atoms with Gasteiger partial charge in [-0.3, -0.25) is 4.21 Å². The fraction of sp³-hybridized carbons (Fsp3) is 0.600. The number of aliphatic hydroxyl groups is 1. The normalized spacial score (nSPS) is 17.3. The van der Waals surface area contributed by atoms with Crippen molar-refractivity contribution >= 4 is 10.8 Å². The first-order valence-electron chi connectivity index (χ1n) is 7.06. The fourth-order valence-electron chi connectivity index (χ4n) is 1.92. The van der Waals surface area contributed by atoms with Crippen LogP contribution in [-0.4, -0.2) is 46.5 Å². The number of ether oxygens (including phenoxy) is 2. The quantitative estimate of drug-likeness (QED) is 0.858. The summed E-state index contributed by atoms with van der Waals surface area (Å²) in [7, 11) is -1.27. The molecular formula is C15H23NO4S. The van der Waals surface area contributed by atoms with Crippen molar-refractivity contribution in [2.45, 2.75) is 37.3 Å². The van der Waals surface area contributed by atoms with Gasteiger partial charge in [0.25, 0.3) is 0 Å². The Morgan fingerprint density at radius 1 is 1.29 bits per heavy atom. The third-order valence-electron chi connectivity index (χ3n) is 2.99. The van der Waals surface area contributed by atoms with Gasteiger partial charge in [0.1, 0.15) is 13.2 Å². The van der Waals surface area contributed by atoms with Crippen molar-refractivity contribution < 1.29 is 18.8 Å². The van der Waals surface area contributed by atoms with Crippen LogP contribution >= 0.6 is 0 Å². The lowest BCUT2D eigenvalue weighted by molar-refractivity contribution is 0.171. The molecule has 118 valence electrons. The number of hydrogen-bond acceptors (Lipinski definition) is 5. The van der Waals surface area contributed by atoms with Gasteiger partial charge in [0, 0.05) is 23.0 Å². The number of nitrogens with one attached hydrogen (secondary N) is 1. The van der Waals surface area contributed by atoms with Crippen LogP contribution in [0.5, 0.6) is 11.5 Å². The summed E-state index contributed by atoms with van der Waals surface area (Å²) in [5, 5.41) is 13.2. The third-order valence-corrected chi connectivity index (χ3v) is 4.46. The molecule has 0 radical (unpaired) electrons. The van der Waals surface area contributed by atoms with Gasteiger partial charge in [-0.25, -0.2) is 0 Å². The average Bonchev–Trinajstić information content (AvgIpc) is 2.44. The molecular weight excluding hydrogens is 290 g/mol. The Balaban J connectivity index is 1.94. The molecule has 1 aromatic rings.